The highest BCUT2D eigenvalue weighted by molar-refractivity contribution is 7.17. The van der Waals surface area contributed by atoms with Crippen LogP contribution in [0.2, 0.25) is 0 Å². The molecule has 0 saturated carbocycles. The van der Waals surface area contributed by atoms with E-state index in [1.807, 2.05) is 37.1 Å². The lowest BCUT2D eigenvalue weighted by Gasteiger charge is -2.15. The number of carbonyl (C=O) groups is 1. The van der Waals surface area contributed by atoms with Crippen molar-refractivity contribution in [2.45, 2.75) is 33.2 Å². The Morgan fingerprint density at radius 2 is 2.15 bits per heavy atom. The number of pyridine rings is 1. The normalized spacial score (nSPS) is 10.6. The number of rotatable bonds is 6. The van der Waals surface area contributed by atoms with Crippen LogP contribution in [-0.4, -0.2) is 23.3 Å². The van der Waals surface area contributed by atoms with Gasteiger partial charge >= 0.3 is 0 Å². The maximum atomic E-state index is 11.1. The van der Waals surface area contributed by atoms with E-state index < -0.39 is 0 Å². The average Bonchev–Trinajstić information content (AvgIpc) is 2.82. The predicted molar refractivity (Wildman–Crippen MR) is 82.6 cm³/mol. The van der Waals surface area contributed by atoms with Gasteiger partial charge in [-0.2, -0.15) is 0 Å². The van der Waals surface area contributed by atoms with Gasteiger partial charge in [0.05, 0.1) is 22.8 Å². The van der Waals surface area contributed by atoms with E-state index in [1.165, 1.54) is 11.3 Å². The molecule has 2 aromatic rings. The highest BCUT2D eigenvalue weighted by Crippen LogP contribution is 2.26. The summed E-state index contributed by atoms with van der Waals surface area (Å²) in [6, 6.07) is 5.99. The van der Waals surface area contributed by atoms with Crippen LogP contribution < -0.4 is 4.90 Å². The van der Waals surface area contributed by atoms with Crippen LogP contribution in [0.15, 0.2) is 18.2 Å². The minimum Gasteiger partial charge on any atom is -0.345 e. The van der Waals surface area contributed by atoms with E-state index in [-0.39, 0.29) is 0 Å². The second-order valence-corrected chi connectivity index (χ2v) is 5.81. The van der Waals surface area contributed by atoms with Gasteiger partial charge in [0.15, 0.2) is 11.4 Å². The van der Waals surface area contributed by atoms with Crippen molar-refractivity contribution in [2.75, 3.05) is 11.9 Å². The van der Waals surface area contributed by atoms with E-state index in [1.54, 1.807) is 0 Å². The smallest absolute Gasteiger partial charge is 0.186 e. The number of anilines is 1. The molecule has 0 aliphatic carbocycles. The third kappa shape index (κ3) is 3.42. The van der Waals surface area contributed by atoms with Crippen molar-refractivity contribution in [3.63, 3.8) is 0 Å². The Labute approximate surface area is 123 Å². The molecular formula is C15H19N3OS. The van der Waals surface area contributed by atoms with E-state index in [0.29, 0.717) is 6.54 Å². The summed E-state index contributed by atoms with van der Waals surface area (Å²) in [6.07, 6.45) is 2.75. The molecule has 0 amide bonds. The quantitative estimate of drug-likeness (QED) is 0.766. The molecule has 0 atom stereocenters. The summed E-state index contributed by atoms with van der Waals surface area (Å²) in [6.45, 7) is 4.77. The molecule has 0 saturated heterocycles. The number of carbonyl (C=O) groups excluding carboxylic acids is 1. The molecule has 2 rings (SSSR count). The number of nitrogens with zero attached hydrogens (tertiary/aromatic N) is 3. The van der Waals surface area contributed by atoms with Gasteiger partial charge in [0.1, 0.15) is 0 Å². The number of aromatic nitrogens is 2. The van der Waals surface area contributed by atoms with Crippen LogP contribution in [0.4, 0.5) is 5.13 Å². The molecule has 106 valence electrons. The van der Waals surface area contributed by atoms with Crippen molar-refractivity contribution in [3.05, 3.63) is 40.2 Å². The van der Waals surface area contributed by atoms with Crippen molar-refractivity contribution in [2.24, 2.45) is 0 Å². The van der Waals surface area contributed by atoms with E-state index in [2.05, 4.69) is 16.9 Å². The molecule has 2 heterocycles. The van der Waals surface area contributed by atoms with Gasteiger partial charge in [-0.25, -0.2) is 4.98 Å². The summed E-state index contributed by atoms with van der Waals surface area (Å²) >= 11 is 1.45. The molecule has 0 N–H and O–H groups in total. The molecule has 0 radical (unpaired) electrons. The van der Waals surface area contributed by atoms with Crippen molar-refractivity contribution in [1.29, 1.82) is 0 Å². The van der Waals surface area contributed by atoms with E-state index in [9.17, 15) is 4.79 Å². The maximum absolute atomic E-state index is 11.1. The Morgan fingerprint density at radius 3 is 2.80 bits per heavy atom. The monoisotopic (exact) mass is 289 g/mol. The third-order valence-electron chi connectivity index (χ3n) is 2.98. The number of hydrogen-bond donors (Lipinski definition) is 0. The van der Waals surface area contributed by atoms with E-state index in [0.717, 1.165) is 46.2 Å². The lowest BCUT2D eigenvalue weighted by Crippen LogP contribution is -2.17. The summed E-state index contributed by atoms with van der Waals surface area (Å²) in [5, 5.41) is 0.874. The van der Waals surface area contributed by atoms with Gasteiger partial charge < -0.3 is 4.90 Å². The molecule has 0 spiro atoms. The molecule has 0 unspecified atom stereocenters. The standard InChI is InChI=1S/C15H19N3OS/c1-4-6-13-14(10-19)20-15(17-13)18(3)9-12-8-5-7-11(2)16-12/h5,7-8,10H,4,6,9H2,1-3H3. The van der Waals surface area contributed by atoms with Gasteiger partial charge in [0, 0.05) is 12.7 Å². The molecule has 0 fully saturated rings. The zero-order chi connectivity index (χ0) is 14.5. The van der Waals surface area contributed by atoms with Crippen LogP contribution in [-0.2, 0) is 13.0 Å². The topological polar surface area (TPSA) is 46.1 Å². The first-order chi connectivity index (χ1) is 9.63. The van der Waals surface area contributed by atoms with Crippen LogP contribution in [0, 0.1) is 6.92 Å². The third-order valence-corrected chi connectivity index (χ3v) is 4.12. The SMILES string of the molecule is CCCc1nc(N(C)Cc2cccc(C)n2)sc1C=O. The summed E-state index contributed by atoms with van der Waals surface area (Å²) in [5.74, 6) is 0. The fraction of sp³-hybridized carbons (Fsp3) is 0.400. The number of aldehydes is 1. The van der Waals surface area contributed by atoms with E-state index in [4.69, 9.17) is 0 Å². The molecule has 20 heavy (non-hydrogen) atoms. The van der Waals surface area contributed by atoms with Gasteiger partial charge in [-0.05, 0) is 25.5 Å². The minimum absolute atomic E-state index is 0.694. The first-order valence-corrected chi connectivity index (χ1v) is 7.54. The Hall–Kier alpha value is -1.75. The van der Waals surface area contributed by atoms with Crippen LogP contribution in [0.5, 0.6) is 0 Å². The second kappa shape index (κ2) is 6.61. The Bertz CT molecular complexity index is 595. The predicted octanol–water partition coefficient (Wildman–Crippen LogP) is 3.25. The Kier molecular flexibility index (Phi) is 4.84. The summed E-state index contributed by atoms with van der Waals surface area (Å²) in [7, 11) is 1.98. The highest BCUT2D eigenvalue weighted by Gasteiger charge is 2.13. The van der Waals surface area contributed by atoms with Crippen LogP contribution >= 0.6 is 11.3 Å². The number of hydrogen-bond acceptors (Lipinski definition) is 5. The zero-order valence-electron chi connectivity index (χ0n) is 12.1. The molecule has 5 heteroatoms. The van der Waals surface area contributed by atoms with Crippen molar-refractivity contribution in [3.8, 4) is 0 Å². The maximum Gasteiger partial charge on any atom is 0.186 e. The first-order valence-electron chi connectivity index (χ1n) is 6.72. The summed E-state index contributed by atoms with van der Waals surface area (Å²) < 4.78 is 0. The van der Waals surface area contributed by atoms with Gasteiger partial charge in [-0.1, -0.05) is 30.7 Å². The van der Waals surface area contributed by atoms with Gasteiger partial charge in [-0.3, -0.25) is 9.78 Å². The molecule has 0 aliphatic rings. The Balaban J connectivity index is 2.16. The fourth-order valence-corrected chi connectivity index (χ4v) is 2.91. The Morgan fingerprint density at radius 1 is 1.35 bits per heavy atom. The van der Waals surface area contributed by atoms with Crippen LogP contribution in [0.1, 0.15) is 40.1 Å². The number of aryl methyl sites for hydroxylation is 2. The van der Waals surface area contributed by atoms with Crippen LogP contribution in [0.25, 0.3) is 0 Å². The molecule has 0 bridgehead atoms. The molecular weight excluding hydrogens is 270 g/mol. The molecule has 0 aliphatic heterocycles. The van der Waals surface area contributed by atoms with Gasteiger partial charge in [0.2, 0.25) is 0 Å². The minimum atomic E-state index is 0.694. The largest absolute Gasteiger partial charge is 0.345 e. The van der Waals surface area contributed by atoms with E-state index >= 15 is 0 Å². The highest BCUT2D eigenvalue weighted by atomic mass is 32.1. The van der Waals surface area contributed by atoms with Gasteiger partial charge in [-0.15, -0.1) is 0 Å². The van der Waals surface area contributed by atoms with Crippen molar-refractivity contribution >= 4 is 22.8 Å². The van der Waals surface area contributed by atoms with Crippen molar-refractivity contribution in [1.82, 2.24) is 9.97 Å². The average molecular weight is 289 g/mol. The summed E-state index contributed by atoms with van der Waals surface area (Å²) in [4.78, 5) is 22.9. The second-order valence-electron chi connectivity index (χ2n) is 4.80. The lowest BCUT2D eigenvalue weighted by atomic mass is 10.2. The molecule has 2 aromatic heterocycles. The van der Waals surface area contributed by atoms with Crippen LogP contribution in [0.3, 0.4) is 0 Å². The summed E-state index contributed by atoms with van der Waals surface area (Å²) in [5.41, 5.74) is 2.93. The molecule has 0 aromatic carbocycles. The number of thiazole rings is 1. The van der Waals surface area contributed by atoms with Gasteiger partial charge in [0.25, 0.3) is 0 Å². The van der Waals surface area contributed by atoms with Crippen molar-refractivity contribution < 1.29 is 4.79 Å². The lowest BCUT2D eigenvalue weighted by molar-refractivity contribution is 0.112. The zero-order valence-corrected chi connectivity index (χ0v) is 12.9. The first kappa shape index (κ1) is 14.7. The molecule has 4 nitrogen and oxygen atoms in total. The fourth-order valence-electron chi connectivity index (χ4n) is 2.02.